The molecule has 2 fully saturated rings. The fourth-order valence-electron chi connectivity index (χ4n) is 4.29. The van der Waals surface area contributed by atoms with E-state index in [9.17, 15) is 18.0 Å². The van der Waals surface area contributed by atoms with Gasteiger partial charge in [-0.15, -0.1) is 0 Å². The van der Waals surface area contributed by atoms with Gasteiger partial charge >= 0.3 is 6.18 Å². The minimum absolute atomic E-state index is 0.0967. The molecule has 1 aliphatic heterocycles. The molecular weight excluding hydrogens is 367 g/mol. The number of carbonyl (C=O) groups excluding carboxylic acids is 1. The molecule has 0 radical (unpaired) electrons. The SMILES string of the molecule is O=C(CC(F)(F)F)NC1CCC(CCN2CCN(c3ccccc3)CC2)CC1. The van der Waals surface area contributed by atoms with Gasteiger partial charge in [-0.05, 0) is 56.7 Å². The summed E-state index contributed by atoms with van der Waals surface area (Å²) in [5.41, 5.74) is 1.29. The number of rotatable bonds is 6. The van der Waals surface area contributed by atoms with Crippen molar-refractivity contribution in [2.45, 2.75) is 50.7 Å². The first-order chi connectivity index (χ1) is 13.4. The van der Waals surface area contributed by atoms with Gasteiger partial charge in [0.05, 0.1) is 0 Å². The number of nitrogens with zero attached hydrogens (tertiary/aromatic N) is 2. The van der Waals surface area contributed by atoms with Crippen LogP contribution < -0.4 is 10.2 Å². The Labute approximate surface area is 165 Å². The Morgan fingerprint density at radius 3 is 2.25 bits per heavy atom. The van der Waals surface area contributed by atoms with Crippen LogP contribution in [-0.4, -0.2) is 55.7 Å². The summed E-state index contributed by atoms with van der Waals surface area (Å²) in [6, 6.07) is 10.4. The first kappa shape index (κ1) is 21.0. The van der Waals surface area contributed by atoms with E-state index < -0.39 is 18.5 Å². The van der Waals surface area contributed by atoms with Crippen LogP contribution >= 0.6 is 0 Å². The highest BCUT2D eigenvalue weighted by Gasteiger charge is 2.32. The van der Waals surface area contributed by atoms with Crippen molar-refractivity contribution in [2.75, 3.05) is 37.6 Å². The van der Waals surface area contributed by atoms with Gasteiger partial charge in [-0.1, -0.05) is 18.2 Å². The van der Waals surface area contributed by atoms with E-state index in [4.69, 9.17) is 0 Å². The molecule has 1 N–H and O–H groups in total. The van der Waals surface area contributed by atoms with Crippen molar-refractivity contribution >= 4 is 11.6 Å². The number of hydrogen-bond donors (Lipinski definition) is 1. The summed E-state index contributed by atoms with van der Waals surface area (Å²) in [7, 11) is 0. The van der Waals surface area contributed by atoms with Gasteiger partial charge in [0, 0.05) is 37.9 Å². The molecule has 2 aliphatic rings. The molecule has 4 nitrogen and oxygen atoms in total. The smallest absolute Gasteiger partial charge is 0.369 e. The number of piperazine rings is 1. The normalized spacial score (nSPS) is 24.2. The van der Waals surface area contributed by atoms with Gasteiger partial charge < -0.3 is 10.2 Å². The average molecular weight is 397 g/mol. The summed E-state index contributed by atoms with van der Waals surface area (Å²) < 4.78 is 36.8. The van der Waals surface area contributed by atoms with Gasteiger partial charge in [0.25, 0.3) is 0 Å². The highest BCUT2D eigenvalue weighted by Crippen LogP contribution is 2.28. The van der Waals surface area contributed by atoms with Crippen molar-refractivity contribution in [3.63, 3.8) is 0 Å². The van der Waals surface area contributed by atoms with Crippen molar-refractivity contribution in [3.8, 4) is 0 Å². The van der Waals surface area contributed by atoms with Crippen molar-refractivity contribution < 1.29 is 18.0 Å². The molecule has 1 amide bonds. The van der Waals surface area contributed by atoms with Crippen LogP contribution in [0.15, 0.2) is 30.3 Å². The minimum atomic E-state index is -4.42. The van der Waals surface area contributed by atoms with Crippen LogP contribution in [0.25, 0.3) is 0 Å². The lowest BCUT2D eigenvalue weighted by atomic mass is 9.84. The van der Waals surface area contributed by atoms with E-state index in [1.54, 1.807) is 0 Å². The number of alkyl halides is 3. The van der Waals surface area contributed by atoms with Gasteiger partial charge in [0.2, 0.25) is 5.91 Å². The maximum Gasteiger partial charge on any atom is 0.397 e. The number of halogens is 3. The van der Waals surface area contributed by atoms with Crippen molar-refractivity contribution in [3.05, 3.63) is 30.3 Å². The number of amides is 1. The molecule has 7 heteroatoms. The molecular formula is C21H30F3N3O. The van der Waals surface area contributed by atoms with Gasteiger partial charge in [0.1, 0.15) is 6.42 Å². The second kappa shape index (κ2) is 9.63. The molecule has 1 heterocycles. The number of anilines is 1. The molecule has 1 aromatic carbocycles. The molecule has 3 rings (SSSR count). The van der Waals surface area contributed by atoms with Gasteiger partial charge in [0.15, 0.2) is 0 Å². The third kappa shape index (κ3) is 6.69. The number of carbonyl (C=O) groups is 1. The molecule has 1 aromatic rings. The molecule has 0 unspecified atom stereocenters. The lowest BCUT2D eigenvalue weighted by Gasteiger charge is -2.37. The van der Waals surface area contributed by atoms with Gasteiger partial charge in [-0.2, -0.15) is 13.2 Å². The maximum absolute atomic E-state index is 12.3. The predicted octanol–water partition coefficient (Wildman–Crippen LogP) is 3.83. The van der Waals surface area contributed by atoms with E-state index in [-0.39, 0.29) is 6.04 Å². The number of para-hydroxylation sites is 1. The molecule has 156 valence electrons. The zero-order valence-corrected chi connectivity index (χ0v) is 16.3. The van der Waals surface area contributed by atoms with Crippen LogP contribution in [0.1, 0.15) is 38.5 Å². The Hall–Kier alpha value is -1.76. The standard InChI is InChI=1S/C21H30F3N3O/c22-21(23,24)16-20(28)25-18-8-6-17(7-9-18)10-11-26-12-14-27(15-13-26)19-4-2-1-3-5-19/h1-5,17-18H,6-16H2,(H,25,28). The highest BCUT2D eigenvalue weighted by atomic mass is 19.4. The molecule has 0 bridgehead atoms. The topological polar surface area (TPSA) is 35.6 Å². The number of benzene rings is 1. The minimum Gasteiger partial charge on any atom is -0.369 e. The van der Waals surface area contributed by atoms with Crippen LogP contribution in [0.4, 0.5) is 18.9 Å². The second-order valence-corrected chi connectivity index (χ2v) is 8.03. The molecule has 1 saturated carbocycles. The second-order valence-electron chi connectivity index (χ2n) is 8.03. The fraction of sp³-hybridized carbons (Fsp3) is 0.667. The van der Waals surface area contributed by atoms with Crippen molar-refractivity contribution in [2.24, 2.45) is 5.92 Å². The number of hydrogen-bond acceptors (Lipinski definition) is 3. The molecule has 28 heavy (non-hydrogen) atoms. The van der Waals surface area contributed by atoms with Crippen LogP contribution in [0.3, 0.4) is 0 Å². The van der Waals surface area contributed by atoms with Crippen LogP contribution in [0, 0.1) is 5.92 Å². The van der Waals surface area contributed by atoms with E-state index >= 15 is 0 Å². The van der Waals surface area contributed by atoms with E-state index in [2.05, 4.69) is 39.4 Å². The fourth-order valence-corrected chi connectivity index (χ4v) is 4.29. The Morgan fingerprint density at radius 1 is 1.00 bits per heavy atom. The lowest BCUT2D eigenvalue weighted by Crippen LogP contribution is -2.47. The summed E-state index contributed by atoms with van der Waals surface area (Å²) in [4.78, 5) is 16.4. The maximum atomic E-state index is 12.3. The molecule has 0 spiro atoms. The van der Waals surface area contributed by atoms with Crippen LogP contribution in [-0.2, 0) is 4.79 Å². The van der Waals surface area contributed by atoms with E-state index in [0.29, 0.717) is 5.92 Å². The Balaban J connectivity index is 1.30. The quantitative estimate of drug-likeness (QED) is 0.793. The van der Waals surface area contributed by atoms with Crippen LogP contribution in [0.5, 0.6) is 0 Å². The molecule has 1 aliphatic carbocycles. The zero-order chi connectivity index (χ0) is 20.0. The summed E-state index contributed by atoms with van der Waals surface area (Å²) >= 11 is 0. The van der Waals surface area contributed by atoms with E-state index in [1.807, 2.05) is 6.07 Å². The summed E-state index contributed by atoms with van der Waals surface area (Å²) in [6.45, 7) is 5.30. The monoisotopic (exact) mass is 397 g/mol. The zero-order valence-electron chi connectivity index (χ0n) is 16.3. The predicted molar refractivity (Wildman–Crippen MR) is 104 cm³/mol. The van der Waals surface area contributed by atoms with Crippen molar-refractivity contribution in [1.29, 1.82) is 0 Å². The lowest BCUT2D eigenvalue weighted by molar-refractivity contribution is -0.154. The summed E-state index contributed by atoms with van der Waals surface area (Å²) in [5, 5.41) is 2.55. The first-order valence-corrected chi connectivity index (χ1v) is 10.3. The Bertz CT molecular complexity index is 607. The van der Waals surface area contributed by atoms with Crippen molar-refractivity contribution in [1.82, 2.24) is 10.2 Å². The van der Waals surface area contributed by atoms with E-state index in [0.717, 1.165) is 64.8 Å². The van der Waals surface area contributed by atoms with Gasteiger partial charge in [-0.3, -0.25) is 9.69 Å². The summed E-state index contributed by atoms with van der Waals surface area (Å²) in [5.74, 6) is -0.282. The Morgan fingerprint density at radius 2 is 1.64 bits per heavy atom. The highest BCUT2D eigenvalue weighted by molar-refractivity contribution is 5.76. The number of nitrogens with one attached hydrogen (secondary N) is 1. The third-order valence-electron chi connectivity index (χ3n) is 5.92. The molecule has 0 aromatic heterocycles. The largest absolute Gasteiger partial charge is 0.397 e. The van der Waals surface area contributed by atoms with Crippen LogP contribution in [0.2, 0.25) is 0 Å². The third-order valence-corrected chi connectivity index (χ3v) is 5.92. The summed E-state index contributed by atoms with van der Waals surface area (Å²) in [6.07, 6.45) is -1.11. The Kier molecular flexibility index (Phi) is 7.21. The van der Waals surface area contributed by atoms with Gasteiger partial charge in [-0.25, -0.2) is 0 Å². The van der Waals surface area contributed by atoms with E-state index in [1.165, 1.54) is 5.69 Å². The molecule has 0 atom stereocenters. The first-order valence-electron chi connectivity index (χ1n) is 10.3. The average Bonchev–Trinajstić information content (AvgIpc) is 2.67. The molecule has 1 saturated heterocycles.